The Morgan fingerprint density at radius 3 is 2.83 bits per heavy atom. The van der Waals surface area contributed by atoms with Gasteiger partial charge in [-0.15, -0.1) is 0 Å². The van der Waals surface area contributed by atoms with Crippen molar-refractivity contribution < 1.29 is 9.53 Å². The lowest BCUT2D eigenvalue weighted by atomic mass is 10.0. The van der Waals surface area contributed by atoms with Crippen LogP contribution in [0, 0.1) is 0 Å². The molecule has 2 N–H and O–H groups in total. The summed E-state index contributed by atoms with van der Waals surface area (Å²) in [7, 11) is 0. The van der Waals surface area contributed by atoms with Gasteiger partial charge in [-0.05, 0) is 41.3 Å². The zero-order chi connectivity index (χ0) is 16.2. The van der Waals surface area contributed by atoms with E-state index < -0.39 is 6.04 Å². The van der Waals surface area contributed by atoms with Crippen LogP contribution in [0.3, 0.4) is 0 Å². The Kier molecular flexibility index (Phi) is 5.10. The summed E-state index contributed by atoms with van der Waals surface area (Å²) in [5.41, 5.74) is 8.38. The van der Waals surface area contributed by atoms with E-state index in [2.05, 4.69) is 11.4 Å². The third kappa shape index (κ3) is 3.99. The van der Waals surface area contributed by atoms with Gasteiger partial charge in [-0.25, -0.2) is 0 Å². The molecule has 1 fully saturated rings. The van der Waals surface area contributed by atoms with Gasteiger partial charge in [-0.2, -0.15) is 11.3 Å². The van der Waals surface area contributed by atoms with Crippen molar-refractivity contribution in [2.45, 2.75) is 31.6 Å². The van der Waals surface area contributed by atoms with Crippen LogP contribution < -0.4 is 5.73 Å². The van der Waals surface area contributed by atoms with E-state index in [9.17, 15) is 4.79 Å². The fourth-order valence-electron chi connectivity index (χ4n) is 2.96. The molecule has 3 rings (SSSR count). The molecule has 3 atom stereocenters. The summed E-state index contributed by atoms with van der Waals surface area (Å²) in [6.45, 7) is 3.17. The number of hydrogen-bond donors (Lipinski definition) is 1. The Morgan fingerprint density at radius 1 is 1.35 bits per heavy atom. The molecule has 0 unspecified atom stereocenters. The normalized spacial score (nSPS) is 22.8. The highest BCUT2D eigenvalue weighted by molar-refractivity contribution is 7.07. The summed E-state index contributed by atoms with van der Waals surface area (Å²) in [5, 5.41) is 4.11. The second-order valence-electron chi connectivity index (χ2n) is 6.03. The molecule has 1 aromatic heterocycles. The predicted octanol–water partition coefficient (Wildman–Crippen LogP) is 2.61. The maximum atomic E-state index is 12.7. The van der Waals surface area contributed by atoms with Crippen molar-refractivity contribution in [3.63, 3.8) is 0 Å². The molecule has 1 saturated heterocycles. The van der Waals surface area contributed by atoms with Crippen LogP contribution in [0.2, 0.25) is 0 Å². The number of carbonyl (C=O) groups is 1. The number of rotatable bonds is 4. The van der Waals surface area contributed by atoms with E-state index in [1.165, 1.54) is 0 Å². The van der Waals surface area contributed by atoms with E-state index in [0.29, 0.717) is 19.5 Å². The van der Waals surface area contributed by atoms with Crippen molar-refractivity contribution in [3.8, 4) is 0 Å². The highest BCUT2D eigenvalue weighted by Gasteiger charge is 2.31. The van der Waals surface area contributed by atoms with E-state index in [4.69, 9.17) is 10.5 Å². The highest BCUT2D eigenvalue weighted by Crippen LogP contribution is 2.27. The fourth-order valence-corrected chi connectivity index (χ4v) is 3.67. The second kappa shape index (κ2) is 7.25. The monoisotopic (exact) mass is 330 g/mol. The summed E-state index contributed by atoms with van der Waals surface area (Å²) >= 11 is 1.64. The molecule has 2 heterocycles. The number of hydrogen-bond acceptors (Lipinski definition) is 4. The van der Waals surface area contributed by atoms with Gasteiger partial charge in [0.05, 0.1) is 18.7 Å². The van der Waals surface area contributed by atoms with Crippen LogP contribution in [0.25, 0.3) is 0 Å². The van der Waals surface area contributed by atoms with E-state index >= 15 is 0 Å². The minimum absolute atomic E-state index is 0.00392. The Morgan fingerprint density at radius 2 is 2.13 bits per heavy atom. The molecular formula is C18H22N2O2S. The number of amides is 1. The van der Waals surface area contributed by atoms with Crippen LogP contribution in [0.4, 0.5) is 0 Å². The van der Waals surface area contributed by atoms with Crippen LogP contribution in [-0.4, -0.2) is 36.0 Å². The molecule has 0 spiro atoms. The first kappa shape index (κ1) is 16.2. The fraction of sp³-hybridized carbons (Fsp3) is 0.389. The van der Waals surface area contributed by atoms with E-state index in [1.807, 2.05) is 47.5 Å². The molecule has 4 nitrogen and oxygen atoms in total. The number of nitrogens with two attached hydrogens (primary N) is 1. The zero-order valence-electron chi connectivity index (χ0n) is 13.2. The Hall–Kier alpha value is -1.69. The van der Waals surface area contributed by atoms with E-state index in [-0.39, 0.29) is 18.1 Å². The van der Waals surface area contributed by atoms with Crippen LogP contribution in [0.1, 0.15) is 24.2 Å². The van der Waals surface area contributed by atoms with Crippen molar-refractivity contribution >= 4 is 17.2 Å². The van der Waals surface area contributed by atoms with E-state index in [1.54, 1.807) is 11.3 Å². The Bertz CT molecular complexity index is 630. The van der Waals surface area contributed by atoms with Gasteiger partial charge < -0.3 is 15.4 Å². The second-order valence-corrected chi connectivity index (χ2v) is 6.81. The molecule has 1 aromatic carbocycles. The summed E-state index contributed by atoms with van der Waals surface area (Å²) in [6, 6.07) is 11.5. The molecule has 2 aromatic rings. The lowest BCUT2D eigenvalue weighted by molar-refractivity contribution is -0.146. The van der Waals surface area contributed by atoms with Gasteiger partial charge in [-0.1, -0.05) is 30.3 Å². The summed E-state index contributed by atoms with van der Waals surface area (Å²) in [5.74, 6) is 0.00392. The Balaban J connectivity index is 1.66. The smallest absolute Gasteiger partial charge is 0.240 e. The minimum atomic E-state index is -0.508. The summed E-state index contributed by atoms with van der Waals surface area (Å²) < 4.78 is 5.98. The molecule has 1 aliphatic rings. The quantitative estimate of drug-likeness (QED) is 0.937. The average molecular weight is 330 g/mol. The molecule has 0 aliphatic carbocycles. The first-order valence-corrected chi connectivity index (χ1v) is 8.83. The largest absolute Gasteiger partial charge is 0.367 e. The summed E-state index contributed by atoms with van der Waals surface area (Å²) in [6.07, 6.45) is 0.522. The summed E-state index contributed by atoms with van der Waals surface area (Å²) in [4.78, 5) is 14.6. The van der Waals surface area contributed by atoms with Crippen molar-refractivity contribution in [1.29, 1.82) is 0 Å². The van der Waals surface area contributed by atoms with Gasteiger partial charge in [-0.3, -0.25) is 4.79 Å². The molecular weight excluding hydrogens is 308 g/mol. The van der Waals surface area contributed by atoms with Gasteiger partial charge in [0.1, 0.15) is 6.10 Å². The molecule has 0 saturated carbocycles. The first-order chi connectivity index (χ1) is 11.1. The van der Waals surface area contributed by atoms with Crippen LogP contribution in [0.15, 0.2) is 47.2 Å². The number of benzene rings is 1. The molecule has 23 heavy (non-hydrogen) atoms. The van der Waals surface area contributed by atoms with E-state index in [0.717, 1.165) is 11.1 Å². The molecule has 1 amide bonds. The minimum Gasteiger partial charge on any atom is -0.367 e. The maximum Gasteiger partial charge on any atom is 0.240 e. The number of carbonyl (C=O) groups excluding carboxylic acids is 1. The molecule has 1 aliphatic heterocycles. The van der Waals surface area contributed by atoms with Gasteiger partial charge in [0.25, 0.3) is 0 Å². The third-order valence-electron chi connectivity index (χ3n) is 4.10. The molecule has 122 valence electrons. The van der Waals surface area contributed by atoms with Crippen molar-refractivity contribution in [2.24, 2.45) is 5.73 Å². The molecule has 0 radical (unpaired) electrons. The van der Waals surface area contributed by atoms with Crippen molar-refractivity contribution in [2.75, 3.05) is 13.1 Å². The third-order valence-corrected chi connectivity index (χ3v) is 4.80. The SMILES string of the molecule is C[C@@H]1CN(C(=O)[C@H](N)Cc2ccccc2)C[C@H](c2ccsc2)O1. The number of thiophene rings is 1. The maximum absolute atomic E-state index is 12.7. The van der Waals surface area contributed by atoms with Gasteiger partial charge >= 0.3 is 0 Å². The number of ether oxygens (including phenoxy) is 1. The van der Waals surface area contributed by atoms with Gasteiger partial charge in [0.2, 0.25) is 5.91 Å². The van der Waals surface area contributed by atoms with Crippen molar-refractivity contribution in [3.05, 3.63) is 58.3 Å². The lowest BCUT2D eigenvalue weighted by Gasteiger charge is -2.37. The van der Waals surface area contributed by atoms with Crippen LogP contribution >= 0.6 is 11.3 Å². The zero-order valence-corrected chi connectivity index (χ0v) is 14.0. The number of morpholine rings is 1. The first-order valence-electron chi connectivity index (χ1n) is 7.89. The van der Waals surface area contributed by atoms with Crippen molar-refractivity contribution in [1.82, 2.24) is 4.90 Å². The highest BCUT2D eigenvalue weighted by atomic mass is 32.1. The average Bonchev–Trinajstić information content (AvgIpc) is 3.09. The lowest BCUT2D eigenvalue weighted by Crippen LogP contribution is -2.52. The van der Waals surface area contributed by atoms with Gasteiger partial charge in [0, 0.05) is 6.54 Å². The Labute approximate surface area is 140 Å². The van der Waals surface area contributed by atoms with Gasteiger partial charge in [0.15, 0.2) is 0 Å². The topological polar surface area (TPSA) is 55.6 Å². The standard InChI is InChI=1S/C18H22N2O2S/c1-13-10-20(11-17(22-13)15-7-8-23-12-15)18(21)16(19)9-14-5-3-2-4-6-14/h2-8,12-13,16-17H,9-11,19H2,1H3/t13-,16-,17-/m1/s1. The molecule has 0 bridgehead atoms. The molecule has 5 heteroatoms. The van der Waals surface area contributed by atoms with Crippen LogP contribution in [-0.2, 0) is 16.0 Å². The predicted molar refractivity (Wildman–Crippen MR) is 92.3 cm³/mol. The van der Waals surface area contributed by atoms with Crippen LogP contribution in [0.5, 0.6) is 0 Å². The number of nitrogens with zero attached hydrogens (tertiary/aromatic N) is 1.